The van der Waals surface area contributed by atoms with Crippen LogP contribution in [0.3, 0.4) is 0 Å². The van der Waals surface area contributed by atoms with E-state index in [1.807, 2.05) is 0 Å². The Morgan fingerprint density at radius 2 is 1.82 bits per heavy atom. The number of alkyl halides is 3. The normalized spacial score (nSPS) is 12.6. The molecule has 0 fully saturated rings. The topological polar surface area (TPSA) is 32.3 Å². The lowest BCUT2D eigenvalue weighted by molar-refractivity contribution is -0.137. The van der Waals surface area contributed by atoms with Gasteiger partial charge in [0, 0.05) is 6.54 Å². The molecule has 17 heavy (non-hydrogen) atoms. The van der Waals surface area contributed by atoms with Crippen molar-refractivity contribution in [1.82, 2.24) is 0 Å². The van der Waals surface area contributed by atoms with Crippen molar-refractivity contribution < 1.29 is 22.7 Å². The van der Waals surface area contributed by atoms with Gasteiger partial charge in [-0.2, -0.15) is 13.2 Å². The van der Waals surface area contributed by atoms with Crippen molar-refractivity contribution in [1.29, 1.82) is 0 Å². The van der Waals surface area contributed by atoms with Crippen molar-refractivity contribution in [3.63, 3.8) is 0 Å². The van der Waals surface area contributed by atoms with Crippen LogP contribution in [-0.4, -0.2) is 17.3 Å². The van der Waals surface area contributed by atoms with E-state index in [2.05, 4.69) is 5.32 Å². The number of nitrogens with one attached hydrogen (secondary N) is 1. The Balaban J connectivity index is 2.92. The highest BCUT2D eigenvalue weighted by atomic mass is 19.4. The van der Waals surface area contributed by atoms with Crippen LogP contribution < -0.4 is 5.32 Å². The molecule has 0 aromatic heterocycles. The van der Waals surface area contributed by atoms with E-state index in [0.29, 0.717) is 12.1 Å². The second-order valence-corrected chi connectivity index (χ2v) is 4.36. The van der Waals surface area contributed by atoms with Gasteiger partial charge in [0.2, 0.25) is 0 Å². The fraction of sp³-hybridized carbons (Fsp3) is 0.455. The van der Waals surface area contributed by atoms with E-state index < -0.39 is 23.2 Å². The number of aliphatic hydroxyl groups is 1. The monoisotopic (exact) mass is 251 g/mol. The smallest absolute Gasteiger partial charge is 0.389 e. The Kier molecular flexibility index (Phi) is 3.66. The molecule has 1 aromatic rings. The van der Waals surface area contributed by atoms with Gasteiger partial charge in [0.05, 0.1) is 16.9 Å². The lowest BCUT2D eigenvalue weighted by atomic mass is 10.1. The molecule has 0 aliphatic rings. The van der Waals surface area contributed by atoms with Crippen molar-refractivity contribution >= 4 is 5.69 Å². The highest BCUT2D eigenvalue weighted by molar-refractivity contribution is 5.48. The first-order valence-corrected chi connectivity index (χ1v) is 4.92. The summed E-state index contributed by atoms with van der Waals surface area (Å²) in [4.78, 5) is 0. The summed E-state index contributed by atoms with van der Waals surface area (Å²) in [6, 6.07) is 2.10. The Morgan fingerprint density at radius 3 is 2.29 bits per heavy atom. The van der Waals surface area contributed by atoms with Crippen LogP contribution >= 0.6 is 0 Å². The number of anilines is 1. The molecule has 0 aliphatic heterocycles. The fourth-order valence-electron chi connectivity index (χ4n) is 1.15. The maximum absolute atomic E-state index is 13.2. The van der Waals surface area contributed by atoms with Gasteiger partial charge in [-0.05, 0) is 32.0 Å². The zero-order chi connectivity index (χ0) is 13.3. The summed E-state index contributed by atoms with van der Waals surface area (Å²) in [6.07, 6.45) is -4.52. The zero-order valence-corrected chi connectivity index (χ0v) is 9.40. The lowest BCUT2D eigenvalue weighted by Gasteiger charge is -2.19. The Labute approximate surface area is 96.3 Å². The molecular weight excluding hydrogens is 238 g/mol. The summed E-state index contributed by atoms with van der Waals surface area (Å²) in [5.41, 5.74) is -2.35. The van der Waals surface area contributed by atoms with Gasteiger partial charge in [-0.25, -0.2) is 4.39 Å². The second-order valence-electron chi connectivity index (χ2n) is 4.36. The van der Waals surface area contributed by atoms with Crippen molar-refractivity contribution in [2.75, 3.05) is 11.9 Å². The van der Waals surface area contributed by atoms with Crippen molar-refractivity contribution in [2.24, 2.45) is 0 Å². The Hall–Kier alpha value is -1.30. The molecule has 0 unspecified atom stereocenters. The van der Waals surface area contributed by atoms with E-state index in [9.17, 15) is 22.7 Å². The Bertz CT molecular complexity index is 395. The van der Waals surface area contributed by atoms with E-state index in [1.165, 1.54) is 13.8 Å². The van der Waals surface area contributed by atoms with Gasteiger partial charge in [0.25, 0.3) is 0 Å². The zero-order valence-electron chi connectivity index (χ0n) is 9.40. The second kappa shape index (κ2) is 4.52. The number of rotatable bonds is 3. The molecular formula is C11H13F4NO. The summed E-state index contributed by atoms with van der Waals surface area (Å²) in [6.45, 7) is 2.88. The predicted octanol–water partition coefficient (Wildman–Crippen LogP) is 3.03. The predicted molar refractivity (Wildman–Crippen MR) is 56.2 cm³/mol. The van der Waals surface area contributed by atoms with E-state index in [1.54, 1.807) is 0 Å². The highest BCUT2D eigenvalue weighted by Gasteiger charge is 2.31. The molecule has 96 valence electrons. The van der Waals surface area contributed by atoms with E-state index in [4.69, 9.17) is 0 Å². The number of benzene rings is 1. The van der Waals surface area contributed by atoms with Crippen LogP contribution in [0.2, 0.25) is 0 Å². The molecule has 1 aromatic carbocycles. The van der Waals surface area contributed by atoms with Crippen LogP contribution in [0.1, 0.15) is 19.4 Å². The number of halogens is 4. The van der Waals surface area contributed by atoms with E-state index in [0.717, 1.165) is 6.07 Å². The third-order valence-corrected chi connectivity index (χ3v) is 2.01. The van der Waals surface area contributed by atoms with Crippen LogP contribution in [0.15, 0.2) is 18.2 Å². The van der Waals surface area contributed by atoms with E-state index in [-0.39, 0.29) is 12.2 Å². The first-order chi connectivity index (χ1) is 7.59. The van der Waals surface area contributed by atoms with Crippen LogP contribution in [0.25, 0.3) is 0 Å². The minimum Gasteiger partial charge on any atom is -0.389 e. The third kappa shape index (κ3) is 4.22. The highest BCUT2D eigenvalue weighted by Crippen LogP contribution is 2.31. The molecule has 0 radical (unpaired) electrons. The lowest BCUT2D eigenvalue weighted by Crippen LogP contribution is -2.29. The molecule has 0 spiro atoms. The largest absolute Gasteiger partial charge is 0.416 e. The molecule has 2 nitrogen and oxygen atoms in total. The minimum atomic E-state index is -4.52. The fourth-order valence-corrected chi connectivity index (χ4v) is 1.15. The summed E-state index contributed by atoms with van der Waals surface area (Å²) in [5.74, 6) is -0.790. The van der Waals surface area contributed by atoms with Crippen LogP contribution in [0.4, 0.5) is 23.2 Å². The summed E-state index contributed by atoms with van der Waals surface area (Å²) >= 11 is 0. The van der Waals surface area contributed by atoms with Crippen molar-refractivity contribution in [2.45, 2.75) is 25.6 Å². The van der Waals surface area contributed by atoms with Crippen molar-refractivity contribution in [3.05, 3.63) is 29.6 Å². The van der Waals surface area contributed by atoms with Gasteiger partial charge in [0.15, 0.2) is 0 Å². The molecule has 0 bridgehead atoms. The number of hydrogen-bond donors (Lipinski definition) is 2. The minimum absolute atomic E-state index is 0.0504. The quantitative estimate of drug-likeness (QED) is 0.809. The third-order valence-electron chi connectivity index (χ3n) is 2.01. The summed E-state index contributed by atoms with van der Waals surface area (Å²) < 4.78 is 50.3. The molecule has 0 saturated carbocycles. The first kappa shape index (κ1) is 13.8. The molecule has 6 heteroatoms. The van der Waals surface area contributed by atoms with Gasteiger partial charge in [-0.15, -0.1) is 0 Å². The van der Waals surface area contributed by atoms with Gasteiger partial charge in [-0.3, -0.25) is 0 Å². The van der Waals surface area contributed by atoms with Crippen LogP contribution in [0, 0.1) is 5.82 Å². The van der Waals surface area contributed by atoms with Crippen LogP contribution in [0.5, 0.6) is 0 Å². The first-order valence-electron chi connectivity index (χ1n) is 4.92. The maximum atomic E-state index is 13.2. The molecule has 1 rings (SSSR count). The van der Waals surface area contributed by atoms with Crippen molar-refractivity contribution in [3.8, 4) is 0 Å². The van der Waals surface area contributed by atoms with Gasteiger partial charge < -0.3 is 10.4 Å². The maximum Gasteiger partial charge on any atom is 0.416 e. The molecule has 0 saturated heterocycles. The summed E-state index contributed by atoms with van der Waals surface area (Å²) in [7, 11) is 0. The van der Waals surface area contributed by atoms with Gasteiger partial charge in [0.1, 0.15) is 5.82 Å². The van der Waals surface area contributed by atoms with Gasteiger partial charge >= 0.3 is 6.18 Å². The molecule has 0 aliphatic carbocycles. The molecule has 0 atom stereocenters. The average molecular weight is 251 g/mol. The van der Waals surface area contributed by atoms with Gasteiger partial charge in [-0.1, -0.05) is 0 Å². The standard InChI is InChI=1S/C11H13F4NO/c1-10(2,17)6-16-9-5-7(11(13,14)15)3-4-8(9)12/h3-5,16-17H,6H2,1-2H3. The molecule has 0 amide bonds. The van der Waals surface area contributed by atoms with Crippen LogP contribution in [-0.2, 0) is 6.18 Å². The average Bonchev–Trinajstić information content (AvgIpc) is 2.13. The number of hydrogen-bond acceptors (Lipinski definition) is 2. The SMILES string of the molecule is CC(C)(O)CNc1cc(C(F)(F)F)ccc1F. The summed E-state index contributed by atoms with van der Waals surface area (Å²) in [5, 5.41) is 11.8. The Morgan fingerprint density at radius 1 is 1.24 bits per heavy atom. The van der Waals surface area contributed by atoms with E-state index >= 15 is 0 Å². The molecule has 0 heterocycles. The molecule has 2 N–H and O–H groups in total.